The summed E-state index contributed by atoms with van der Waals surface area (Å²) in [5.74, 6) is 0.356. The fourth-order valence-electron chi connectivity index (χ4n) is 2.83. The summed E-state index contributed by atoms with van der Waals surface area (Å²) >= 11 is 4.96. The Bertz CT molecular complexity index is 717. The molecule has 5 nitrogen and oxygen atoms in total. The Labute approximate surface area is 153 Å². The summed E-state index contributed by atoms with van der Waals surface area (Å²) in [5, 5.41) is 2.64. The number of aryl methyl sites for hydroxylation is 1. The quantitative estimate of drug-likeness (QED) is 0.599. The van der Waals surface area contributed by atoms with Crippen molar-refractivity contribution in [3.63, 3.8) is 0 Å². The van der Waals surface area contributed by atoms with Crippen molar-refractivity contribution in [1.29, 1.82) is 0 Å². The number of rotatable bonds is 5. The van der Waals surface area contributed by atoms with E-state index >= 15 is 0 Å². The highest BCUT2D eigenvalue weighted by molar-refractivity contribution is 9.10. The molecular weight excluding hydrogens is 392 g/mol. The Balaban J connectivity index is 1.55. The van der Waals surface area contributed by atoms with E-state index in [1.807, 2.05) is 31.2 Å². The normalized spacial score (nSPS) is 22.8. The number of halogens is 1. The first-order valence-electron chi connectivity index (χ1n) is 7.64. The summed E-state index contributed by atoms with van der Waals surface area (Å²) in [4.78, 5) is 37.1. The maximum absolute atomic E-state index is 12.3. The minimum atomic E-state index is -0.532. The number of hydrogen-bond acceptors (Lipinski definition) is 4. The number of amides is 2. The fourth-order valence-corrected chi connectivity index (χ4v) is 4.40. The predicted molar refractivity (Wildman–Crippen MR) is 96.2 cm³/mol. The Morgan fingerprint density at radius 2 is 2.12 bits per heavy atom. The number of aldehydes is 1. The zero-order valence-corrected chi connectivity index (χ0v) is 15.5. The zero-order chi connectivity index (χ0) is 17.3. The number of nitrogens with one attached hydrogen (secondary N) is 1. The molecule has 0 saturated carbocycles. The lowest BCUT2D eigenvalue weighted by molar-refractivity contribution is -0.146. The van der Waals surface area contributed by atoms with Crippen LogP contribution >= 0.6 is 27.7 Å². The molecule has 1 aromatic rings. The van der Waals surface area contributed by atoms with E-state index < -0.39 is 6.04 Å². The van der Waals surface area contributed by atoms with Crippen molar-refractivity contribution in [1.82, 2.24) is 10.2 Å². The molecular formula is C17H17BrN2O3S. The van der Waals surface area contributed by atoms with E-state index in [0.29, 0.717) is 24.3 Å². The van der Waals surface area contributed by atoms with Crippen LogP contribution in [0.15, 0.2) is 40.0 Å². The molecule has 0 bridgehead atoms. The van der Waals surface area contributed by atoms with E-state index in [2.05, 4.69) is 21.2 Å². The molecule has 1 fully saturated rings. The molecule has 2 atom stereocenters. The summed E-state index contributed by atoms with van der Waals surface area (Å²) in [6, 6.07) is 7.28. The van der Waals surface area contributed by atoms with Crippen molar-refractivity contribution < 1.29 is 14.4 Å². The SMILES string of the molecule is CC1=C(C=O)N2C(=O)C(NC(=O)CCc3ccc(Br)cc3)C2SC1. The van der Waals surface area contributed by atoms with Crippen LogP contribution in [0.3, 0.4) is 0 Å². The van der Waals surface area contributed by atoms with Gasteiger partial charge in [-0.25, -0.2) is 0 Å². The summed E-state index contributed by atoms with van der Waals surface area (Å²) in [7, 11) is 0. The smallest absolute Gasteiger partial charge is 0.253 e. The van der Waals surface area contributed by atoms with Crippen molar-refractivity contribution in [3.8, 4) is 0 Å². The number of nitrogens with zero attached hydrogens (tertiary/aromatic N) is 1. The molecule has 0 aliphatic carbocycles. The van der Waals surface area contributed by atoms with Crippen LogP contribution in [0.4, 0.5) is 0 Å². The van der Waals surface area contributed by atoms with Gasteiger partial charge in [0.15, 0.2) is 6.29 Å². The summed E-state index contributed by atoms with van der Waals surface area (Å²) in [6.07, 6.45) is 1.68. The molecule has 3 rings (SSSR count). The molecule has 0 radical (unpaired) electrons. The third-order valence-electron chi connectivity index (χ3n) is 4.19. The molecule has 24 heavy (non-hydrogen) atoms. The van der Waals surface area contributed by atoms with Gasteiger partial charge < -0.3 is 5.32 Å². The number of fused-ring (bicyclic) bond motifs is 1. The third kappa shape index (κ3) is 3.28. The van der Waals surface area contributed by atoms with Crippen molar-refractivity contribution in [3.05, 3.63) is 45.6 Å². The molecule has 2 aliphatic rings. The number of β-lactam (4-membered cyclic amide) rings is 1. The average Bonchev–Trinajstić information content (AvgIpc) is 2.59. The highest BCUT2D eigenvalue weighted by Gasteiger charge is 2.51. The van der Waals surface area contributed by atoms with Crippen LogP contribution in [0.5, 0.6) is 0 Å². The van der Waals surface area contributed by atoms with Gasteiger partial charge in [0.05, 0.1) is 5.70 Å². The van der Waals surface area contributed by atoms with Crippen LogP contribution < -0.4 is 5.32 Å². The van der Waals surface area contributed by atoms with Gasteiger partial charge in [-0.1, -0.05) is 28.1 Å². The number of allylic oxidation sites excluding steroid dienone is 1. The maximum atomic E-state index is 12.3. The standard InChI is InChI=1S/C17H17BrN2O3S/c1-10-9-24-17-15(16(23)20(17)13(10)8-21)19-14(22)7-4-11-2-5-12(18)6-3-11/h2-3,5-6,8,15,17H,4,7,9H2,1H3,(H,19,22). The summed E-state index contributed by atoms with van der Waals surface area (Å²) < 4.78 is 1.000. The highest BCUT2D eigenvalue weighted by atomic mass is 79.9. The predicted octanol–water partition coefficient (Wildman–Crippen LogP) is 2.25. The molecule has 1 aromatic carbocycles. The summed E-state index contributed by atoms with van der Waals surface area (Å²) in [5.41, 5.74) is 2.42. The molecule has 1 saturated heterocycles. The van der Waals surface area contributed by atoms with E-state index in [-0.39, 0.29) is 17.2 Å². The highest BCUT2D eigenvalue weighted by Crippen LogP contribution is 2.39. The first kappa shape index (κ1) is 17.2. The molecule has 126 valence electrons. The molecule has 0 aromatic heterocycles. The van der Waals surface area contributed by atoms with Gasteiger partial charge in [-0.2, -0.15) is 0 Å². The van der Waals surface area contributed by atoms with Gasteiger partial charge in [0, 0.05) is 16.6 Å². The number of carbonyl (C=O) groups is 3. The van der Waals surface area contributed by atoms with E-state index in [0.717, 1.165) is 21.9 Å². The fraction of sp³-hybridized carbons (Fsp3) is 0.353. The molecule has 2 aliphatic heterocycles. The van der Waals surface area contributed by atoms with E-state index in [9.17, 15) is 14.4 Å². The van der Waals surface area contributed by atoms with Crippen LogP contribution in [0, 0.1) is 0 Å². The molecule has 1 N–H and O–H groups in total. The van der Waals surface area contributed by atoms with Crippen molar-refractivity contribution >= 4 is 45.8 Å². The van der Waals surface area contributed by atoms with Crippen molar-refractivity contribution in [2.45, 2.75) is 31.2 Å². The monoisotopic (exact) mass is 408 g/mol. The lowest BCUT2D eigenvalue weighted by Gasteiger charge is -2.49. The molecule has 7 heteroatoms. The van der Waals surface area contributed by atoms with Gasteiger partial charge in [0.2, 0.25) is 5.91 Å². The minimum absolute atomic E-state index is 0.143. The van der Waals surface area contributed by atoms with E-state index in [4.69, 9.17) is 0 Å². The van der Waals surface area contributed by atoms with E-state index in [1.165, 1.54) is 4.90 Å². The van der Waals surface area contributed by atoms with Gasteiger partial charge in [-0.05, 0) is 36.6 Å². The van der Waals surface area contributed by atoms with Crippen molar-refractivity contribution in [2.75, 3.05) is 5.75 Å². The van der Waals surface area contributed by atoms with Gasteiger partial charge in [-0.15, -0.1) is 11.8 Å². The van der Waals surface area contributed by atoms with Crippen LogP contribution in [0.2, 0.25) is 0 Å². The largest absolute Gasteiger partial charge is 0.342 e. The van der Waals surface area contributed by atoms with Crippen LogP contribution in [-0.2, 0) is 20.8 Å². The second-order valence-electron chi connectivity index (χ2n) is 5.86. The number of hydrogen-bond donors (Lipinski definition) is 1. The van der Waals surface area contributed by atoms with Gasteiger partial charge in [-0.3, -0.25) is 19.3 Å². The Hall–Kier alpha value is -1.60. The lowest BCUT2D eigenvalue weighted by atomic mass is 10.0. The Morgan fingerprint density at radius 3 is 2.79 bits per heavy atom. The van der Waals surface area contributed by atoms with Crippen LogP contribution in [0.1, 0.15) is 18.9 Å². The molecule has 2 heterocycles. The van der Waals surface area contributed by atoms with Gasteiger partial charge in [0.1, 0.15) is 11.4 Å². The number of benzene rings is 1. The minimum Gasteiger partial charge on any atom is -0.342 e. The summed E-state index contributed by atoms with van der Waals surface area (Å²) in [6.45, 7) is 1.85. The van der Waals surface area contributed by atoms with Crippen LogP contribution in [-0.4, -0.2) is 40.2 Å². The second kappa shape index (κ2) is 7.11. The maximum Gasteiger partial charge on any atom is 0.253 e. The molecule has 0 spiro atoms. The topological polar surface area (TPSA) is 66.5 Å². The Morgan fingerprint density at radius 1 is 1.42 bits per heavy atom. The second-order valence-corrected chi connectivity index (χ2v) is 7.89. The van der Waals surface area contributed by atoms with Crippen molar-refractivity contribution in [2.24, 2.45) is 0 Å². The van der Waals surface area contributed by atoms with Gasteiger partial charge in [0.25, 0.3) is 5.91 Å². The number of carbonyl (C=O) groups excluding carboxylic acids is 3. The first-order valence-corrected chi connectivity index (χ1v) is 9.49. The lowest BCUT2D eigenvalue weighted by Crippen LogP contribution is -2.70. The average molecular weight is 409 g/mol. The van der Waals surface area contributed by atoms with E-state index in [1.54, 1.807) is 11.8 Å². The number of thioether (sulfide) groups is 1. The zero-order valence-electron chi connectivity index (χ0n) is 13.1. The molecule has 2 amide bonds. The third-order valence-corrected chi connectivity index (χ3v) is 6.15. The van der Waals surface area contributed by atoms with Crippen LogP contribution in [0.25, 0.3) is 0 Å². The Kier molecular flexibility index (Phi) is 5.10. The first-order chi connectivity index (χ1) is 11.5. The molecule has 2 unspecified atom stereocenters. The van der Waals surface area contributed by atoms with Gasteiger partial charge >= 0.3 is 0 Å².